The number of halogens is 4. The van der Waals surface area contributed by atoms with Crippen LogP contribution >= 0.6 is 11.6 Å². The van der Waals surface area contributed by atoms with Crippen LogP contribution in [0, 0.1) is 6.57 Å². The van der Waals surface area contributed by atoms with Crippen molar-refractivity contribution in [1.29, 1.82) is 0 Å². The van der Waals surface area contributed by atoms with Crippen molar-refractivity contribution in [2.45, 2.75) is 25.6 Å². The highest BCUT2D eigenvalue weighted by Gasteiger charge is 2.39. The zero-order valence-corrected chi connectivity index (χ0v) is 16.6. The maximum absolute atomic E-state index is 13.1. The highest BCUT2D eigenvalue weighted by Crippen LogP contribution is 2.38. The monoisotopic (exact) mass is 440 g/mol. The van der Waals surface area contributed by atoms with Crippen LogP contribution < -0.4 is 10.1 Å². The van der Waals surface area contributed by atoms with Gasteiger partial charge in [0.15, 0.2) is 5.69 Å². The third-order valence-electron chi connectivity index (χ3n) is 3.86. The first-order chi connectivity index (χ1) is 13.9. The van der Waals surface area contributed by atoms with Crippen molar-refractivity contribution in [3.8, 4) is 5.75 Å². The second kappa shape index (κ2) is 9.05. The Balaban J connectivity index is 2.25. The number of anilines is 1. The van der Waals surface area contributed by atoms with Gasteiger partial charge in [-0.3, -0.25) is 9.59 Å². The van der Waals surface area contributed by atoms with Gasteiger partial charge in [0.05, 0.1) is 12.1 Å². The van der Waals surface area contributed by atoms with Gasteiger partial charge in [0.25, 0.3) is 5.91 Å². The van der Waals surface area contributed by atoms with Crippen LogP contribution in [-0.4, -0.2) is 24.1 Å². The fourth-order valence-electron chi connectivity index (χ4n) is 2.41. The summed E-state index contributed by atoms with van der Waals surface area (Å²) in [5.41, 5.74) is -3.86. The van der Waals surface area contributed by atoms with Crippen molar-refractivity contribution in [2.75, 3.05) is 11.9 Å². The molecule has 10 heteroatoms. The molecule has 0 bridgehead atoms. The summed E-state index contributed by atoms with van der Waals surface area (Å²) in [4.78, 5) is 27.0. The van der Waals surface area contributed by atoms with Crippen molar-refractivity contribution in [1.82, 2.24) is 0 Å². The summed E-state index contributed by atoms with van der Waals surface area (Å²) in [7, 11) is 0. The minimum Gasteiger partial charge on any atom is -0.489 e. The van der Waals surface area contributed by atoms with E-state index in [0.29, 0.717) is 16.8 Å². The number of hydrogen-bond donors (Lipinski definition) is 1. The average molecular weight is 441 g/mol. The molecule has 2 aromatic rings. The molecule has 2 aromatic carbocycles. The zero-order chi connectivity index (χ0) is 22.5. The molecule has 0 saturated carbocycles. The third-order valence-corrected chi connectivity index (χ3v) is 4.11. The van der Waals surface area contributed by atoms with E-state index in [9.17, 15) is 22.8 Å². The average Bonchev–Trinajstić information content (AvgIpc) is 2.66. The van der Waals surface area contributed by atoms with Gasteiger partial charge in [-0.05, 0) is 43.3 Å². The lowest BCUT2D eigenvalue weighted by molar-refractivity contribution is -0.165. The van der Waals surface area contributed by atoms with Gasteiger partial charge in [0.2, 0.25) is 5.60 Å². The fraction of sp³-hybridized carbons (Fsp3) is 0.250. The lowest BCUT2D eigenvalue weighted by Crippen LogP contribution is -2.48. The number of ether oxygens (including phenoxy) is 2. The lowest BCUT2D eigenvalue weighted by Gasteiger charge is -2.28. The molecular weight excluding hydrogens is 425 g/mol. The molecule has 0 saturated heterocycles. The van der Waals surface area contributed by atoms with E-state index in [4.69, 9.17) is 27.6 Å². The minimum absolute atomic E-state index is 0.218. The van der Waals surface area contributed by atoms with Gasteiger partial charge < -0.3 is 14.8 Å². The first-order valence-corrected chi connectivity index (χ1v) is 8.80. The predicted molar refractivity (Wildman–Crippen MR) is 103 cm³/mol. The van der Waals surface area contributed by atoms with E-state index < -0.39 is 41.5 Å². The number of alkyl halides is 3. The quantitative estimate of drug-likeness (QED) is 0.492. The smallest absolute Gasteiger partial charge is 0.407 e. The molecular formula is C20H16ClF3N2O4. The topological polar surface area (TPSA) is 69.0 Å². The zero-order valence-electron chi connectivity index (χ0n) is 15.8. The van der Waals surface area contributed by atoms with E-state index in [1.807, 2.05) is 0 Å². The largest absolute Gasteiger partial charge is 0.489 e. The molecule has 0 heterocycles. The number of nitrogens with one attached hydrogen (secondary N) is 1. The van der Waals surface area contributed by atoms with Crippen LogP contribution in [0.1, 0.15) is 19.4 Å². The van der Waals surface area contributed by atoms with Gasteiger partial charge in [-0.15, -0.1) is 0 Å². The molecule has 0 aliphatic rings. The molecule has 0 aromatic heterocycles. The van der Waals surface area contributed by atoms with Crippen LogP contribution in [0.15, 0.2) is 42.5 Å². The molecule has 1 amide bonds. The molecule has 0 aliphatic heterocycles. The summed E-state index contributed by atoms with van der Waals surface area (Å²) in [6, 6.07) is 8.91. The Labute approximate surface area is 175 Å². The van der Waals surface area contributed by atoms with Gasteiger partial charge >= 0.3 is 12.1 Å². The number of rotatable bonds is 6. The van der Waals surface area contributed by atoms with Crippen LogP contribution in [0.5, 0.6) is 5.75 Å². The van der Waals surface area contributed by atoms with E-state index in [0.717, 1.165) is 19.1 Å². The Morgan fingerprint density at radius 2 is 1.80 bits per heavy atom. The van der Waals surface area contributed by atoms with Gasteiger partial charge in [-0.1, -0.05) is 17.7 Å². The summed E-state index contributed by atoms with van der Waals surface area (Å²) < 4.78 is 50.0. The molecule has 158 valence electrons. The fourth-order valence-corrected chi connectivity index (χ4v) is 2.54. The molecule has 0 spiro atoms. The van der Waals surface area contributed by atoms with Gasteiger partial charge in [-0.25, -0.2) is 4.85 Å². The van der Waals surface area contributed by atoms with E-state index >= 15 is 0 Å². The molecule has 0 unspecified atom stereocenters. The van der Waals surface area contributed by atoms with E-state index in [1.54, 1.807) is 12.1 Å². The number of hydrogen-bond acceptors (Lipinski definition) is 4. The van der Waals surface area contributed by atoms with E-state index in [-0.39, 0.29) is 5.69 Å². The second-order valence-electron chi connectivity index (χ2n) is 6.36. The Hall–Kier alpha value is -3.25. The Kier molecular flexibility index (Phi) is 6.95. The Morgan fingerprint density at radius 3 is 2.33 bits per heavy atom. The number of esters is 1. The van der Waals surface area contributed by atoms with Gasteiger partial charge in [-0.2, -0.15) is 13.2 Å². The lowest BCUT2D eigenvalue weighted by atomic mass is 10.1. The number of carbonyl (C=O) groups excluding carboxylic acids is 2. The van der Waals surface area contributed by atoms with Crippen LogP contribution in [0.4, 0.5) is 24.5 Å². The number of carbonyl (C=O) groups is 2. The molecule has 6 nitrogen and oxygen atoms in total. The van der Waals surface area contributed by atoms with Crippen molar-refractivity contribution >= 4 is 34.9 Å². The molecule has 1 N–H and O–H groups in total. The summed E-state index contributed by atoms with van der Waals surface area (Å²) in [5, 5.41) is 2.74. The number of nitrogens with zero attached hydrogens (tertiary/aromatic N) is 1. The van der Waals surface area contributed by atoms with E-state index in [1.165, 1.54) is 19.1 Å². The van der Waals surface area contributed by atoms with Crippen molar-refractivity contribution in [2.24, 2.45) is 0 Å². The Bertz CT molecular complexity index is 987. The first-order valence-electron chi connectivity index (χ1n) is 8.43. The van der Waals surface area contributed by atoms with Crippen LogP contribution in [0.2, 0.25) is 5.02 Å². The number of amides is 1. The molecule has 0 radical (unpaired) electrons. The van der Waals surface area contributed by atoms with E-state index in [2.05, 4.69) is 10.2 Å². The summed E-state index contributed by atoms with van der Waals surface area (Å²) >= 11 is 5.79. The standard InChI is InChI=1S/C20H16ClF3N2O4/c1-12(27)30-19(2,11-29-15-7-4-13(21)5-8-15)18(28)26-14-6-9-17(25-3)16(10-14)20(22,23)24/h4-10H,11H2,1-2H3,(H,26,28)/t19-/m0/s1. The molecule has 1 atom stereocenters. The third kappa shape index (κ3) is 5.87. The van der Waals surface area contributed by atoms with Crippen molar-refractivity contribution < 1.29 is 32.2 Å². The summed E-state index contributed by atoms with van der Waals surface area (Å²) in [5.74, 6) is -1.35. The maximum Gasteiger partial charge on any atom is 0.407 e. The second-order valence-corrected chi connectivity index (χ2v) is 6.80. The van der Waals surface area contributed by atoms with Crippen molar-refractivity contribution in [3.05, 3.63) is 64.5 Å². The minimum atomic E-state index is -4.78. The predicted octanol–water partition coefficient (Wildman–Crippen LogP) is 5.25. The Morgan fingerprint density at radius 1 is 1.17 bits per heavy atom. The first kappa shape index (κ1) is 23.0. The SMILES string of the molecule is [C-]#[N+]c1ccc(NC(=O)[C@](C)(COc2ccc(Cl)cc2)OC(C)=O)cc1C(F)(F)F. The summed E-state index contributed by atoms with van der Waals surface area (Å²) in [6.07, 6.45) is -4.78. The highest BCUT2D eigenvalue weighted by atomic mass is 35.5. The maximum atomic E-state index is 13.1. The van der Waals surface area contributed by atoms with Crippen molar-refractivity contribution in [3.63, 3.8) is 0 Å². The van der Waals surface area contributed by atoms with Gasteiger partial charge in [0.1, 0.15) is 12.4 Å². The molecule has 30 heavy (non-hydrogen) atoms. The highest BCUT2D eigenvalue weighted by molar-refractivity contribution is 6.30. The molecule has 0 fully saturated rings. The van der Waals surface area contributed by atoms with Crippen LogP contribution in [0.25, 0.3) is 4.85 Å². The van der Waals surface area contributed by atoms with Gasteiger partial charge in [0, 0.05) is 17.6 Å². The molecule has 0 aliphatic carbocycles. The summed E-state index contributed by atoms with van der Waals surface area (Å²) in [6.45, 7) is 8.79. The molecule has 2 rings (SSSR count). The van der Waals surface area contributed by atoms with Crippen LogP contribution in [-0.2, 0) is 20.5 Å². The number of benzene rings is 2. The normalized spacial score (nSPS) is 13.0. The van der Waals surface area contributed by atoms with Crippen LogP contribution in [0.3, 0.4) is 0 Å².